The number of anilines is 1. The Kier molecular flexibility index (Phi) is 4.65. The van der Waals surface area contributed by atoms with Gasteiger partial charge in [0.25, 0.3) is 0 Å². The van der Waals surface area contributed by atoms with Crippen LogP contribution in [-0.4, -0.2) is 36.4 Å². The van der Waals surface area contributed by atoms with Crippen LogP contribution in [0, 0.1) is 0 Å². The molecular weight excluding hydrogens is 272 g/mol. The molecule has 0 saturated heterocycles. The highest BCUT2D eigenvalue weighted by Gasteiger charge is 2.09. The van der Waals surface area contributed by atoms with Gasteiger partial charge in [0.2, 0.25) is 5.91 Å². The van der Waals surface area contributed by atoms with Gasteiger partial charge in [0.05, 0.1) is 16.6 Å². The van der Waals surface area contributed by atoms with Crippen LogP contribution in [0.1, 0.15) is 0 Å². The number of halogens is 3. The van der Waals surface area contributed by atoms with Crippen molar-refractivity contribution in [1.82, 2.24) is 9.88 Å². The first-order valence-corrected chi connectivity index (χ1v) is 5.50. The first kappa shape index (κ1) is 13.4. The van der Waals surface area contributed by atoms with E-state index in [0.29, 0.717) is 10.8 Å². The van der Waals surface area contributed by atoms with E-state index in [1.165, 1.54) is 11.0 Å². The number of aromatic nitrogens is 1. The molecule has 0 aliphatic rings. The Hall–Kier alpha value is -0.710. The Morgan fingerprint density at radius 3 is 2.56 bits per heavy atom. The van der Waals surface area contributed by atoms with Gasteiger partial charge in [0, 0.05) is 14.1 Å². The Morgan fingerprint density at radius 1 is 1.38 bits per heavy atom. The third kappa shape index (κ3) is 3.40. The lowest BCUT2D eigenvalue weighted by Gasteiger charge is -2.12. The lowest BCUT2D eigenvalue weighted by Crippen LogP contribution is -2.28. The Balaban J connectivity index is 2.75. The third-order valence-corrected chi connectivity index (χ3v) is 2.75. The van der Waals surface area contributed by atoms with Crippen LogP contribution in [0.2, 0.25) is 15.2 Å². The van der Waals surface area contributed by atoms with E-state index in [2.05, 4.69) is 10.3 Å². The number of hydrogen-bond acceptors (Lipinski definition) is 3. The molecule has 1 aromatic heterocycles. The van der Waals surface area contributed by atoms with Gasteiger partial charge in [0.15, 0.2) is 0 Å². The highest BCUT2D eigenvalue weighted by molar-refractivity contribution is 6.42. The molecule has 88 valence electrons. The topological polar surface area (TPSA) is 45.2 Å². The monoisotopic (exact) mass is 281 g/mol. The van der Waals surface area contributed by atoms with Gasteiger partial charge in [0.1, 0.15) is 11.0 Å². The summed E-state index contributed by atoms with van der Waals surface area (Å²) in [4.78, 5) is 16.7. The lowest BCUT2D eigenvalue weighted by molar-refractivity contribution is -0.126. The minimum atomic E-state index is -0.0936. The van der Waals surface area contributed by atoms with Gasteiger partial charge in [-0.2, -0.15) is 0 Å². The molecule has 1 rings (SSSR count). The standard InChI is InChI=1S/C9H10Cl3N3O/c1-15(2)7(16)4-13-9-6(11)3-5(10)8(12)14-9/h3H,4H2,1-2H3,(H,13,14). The van der Waals surface area contributed by atoms with Gasteiger partial charge in [-0.3, -0.25) is 4.79 Å². The van der Waals surface area contributed by atoms with Crippen molar-refractivity contribution in [2.75, 3.05) is 26.0 Å². The second-order valence-electron chi connectivity index (χ2n) is 3.23. The molecule has 0 bridgehead atoms. The van der Waals surface area contributed by atoms with Gasteiger partial charge in [-0.15, -0.1) is 0 Å². The van der Waals surface area contributed by atoms with Crippen molar-refractivity contribution in [2.45, 2.75) is 0 Å². The van der Waals surface area contributed by atoms with Crippen molar-refractivity contribution < 1.29 is 4.79 Å². The van der Waals surface area contributed by atoms with Crippen LogP contribution in [0.4, 0.5) is 5.82 Å². The van der Waals surface area contributed by atoms with Gasteiger partial charge in [-0.1, -0.05) is 34.8 Å². The minimum absolute atomic E-state index is 0.0936. The lowest BCUT2D eigenvalue weighted by atomic mass is 10.4. The van der Waals surface area contributed by atoms with Crippen LogP contribution in [-0.2, 0) is 4.79 Å². The average Bonchev–Trinajstić information content (AvgIpc) is 2.20. The summed E-state index contributed by atoms with van der Waals surface area (Å²) in [6.45, 7) is 0.0949. The fraction of sp³-hybridized carbons (Fsp3) is 0.333. The van der Waals surface area contributed by atoms with E-state index in [-0.39, 0.29) is 22.6 Å². The Labute approximate surface area is 108 Å². The van der Waals surface area contributed by atoms with Crippen LogP contribution in [0.3, 0.4) is 0 Å². The Morgan fingerprint density at radius 2 is 2.00 bits per heavy atom. The summed E-state index contributed by atoms with van der Waals surface area (Å²) >= 11 is 17.3. The molecule has 4 nitrogen and oxygen atoms in total. The molecule has 1 aromatic rings. The summed E-state index contributed by atoms with van der Waals surface area (Å²) in [6, 6.07) is 1.47. The van der Waals surface area contributed by atoms with Gasteiger partial charge < -0.3 is 10.2 Å². The largest absolute Gasteiger partial charge is 0.360 e. The van der Waals surface area contributed by atoms with E-state index in [0.717, 1.165) is 0 Å². The van der Waals surface area contributed by atoms with E-state index in [4.69, 9.17) is 34.8 Å². The maximum absolute atomic E-state index is 11.3. The van der Waals surface area contributed by atoms with Crippen molar-refractivity contribution in [3.63, 3.8) is 0 Å². The predicted octanol–water partition coefficient (Wildman–Crippen LogP) is 2.54. The summed E-state index contributed by atoms with van der Waals surface area (Å²) < 4.78 is 0. The molecule has 0 atom stereocenters. The third-order valence-electron chi connectivity index (χ3n) is 1.79. The summed E-state index contributed by atoms with van der Waals surface area (Å²) in [7, 11) is 3.32. The van der Waals surface area contributed by atoms with E-state index >= 15 is 0 Å². The molecule has 7 heteroatoms. The first-order chi connectivity index (χ1) is 7.41. The molecule has 0 fully saturated rings. The number of hydrogen-bond donors (Lipinski definition) is 1. The quantitative estimate of drug-likeness (QED) is 0.867. The van der Waals surface area contributed by atoms with Gasteiger partial charge >= 0.3 is 0 Å². The molecule has 0 aromatic carbocycles. The SMILES string of the molecule is CN(C)C(=O)CNc1nc(Cl)c(Cl)cc1Cl. The number of carbonyl (C=O) groups excluding carboxylic acids is 1. The molecule has 1 amide bonds. The van der Waals surface area contributed by atoms with E-state index in [1.54, 1.807) is 14.1 Å². The van der Waals surface area contributed by atoms with Crippen LogP contribution in [0.5, 0.6) is 0 Å². The number of nitrogens with one attached hydrogen (secondary N) is 1. The molecule has 16 heavy (non-hydrogen) atoms. The summed E-state index contributed by atoms with van der Waals surface area (Å²) in [5.41, 5.74) is 0. The van der Waals surface area contributed by atoms with Crippen molar-refractivity contribution in [2.24, 2.45) is 0 Å². The van der Waals surface area contributed by atoms with Crippen molar-refractivity contribution in [3.05, 3.63) is 21.3 Å². The van der Waals surface area contributed by atoms with Crippen molar-refractivity contribution >= 4 is 46.5 Å². The maximum Gasteiger partial charge on any atom is 0.241 e. The van der Waals surface area contributed by atoms with E-state index in [9.17, 15) is 4.79 Å². The molecule has 1 N–H and O–H groups in total. The fourth-order valence-corrected chi connectivity index (χ4v) is 1.45. The van der Waals surface area contributed by atoms with E-state index in [1.807, 2.05) is 0 Å². The number of carbonyl (C=O) groups is 1. The maximum atomic E-state index is 11.3. The summed E-state index contributed by atoms with van der Waals surface area (Å²) in [5.74, 6) is 0.246. The van der Waals surface area contributed by atoms with Crippen LogP contribution in [0.15, 0.2) is 6.07 Å². The molecule has 0 saturated carbocycles. The van der Waals surface area contributed by atoms with Crippen LogP contribution in [0.25, 0.3) is 0 Å². The van der Waals surface area contributed by atoms with Crippen LogP contribution >= 0.6 is 34.8 Å². The minimum Gasteiger partial charge on any atom is -0.360 e. The smallest absolute Gasteiger partial charge is 0.241 e. The highest BCUT2D eigenvalue weighted by Crippen LogP contribution is 2.28. The van der Waals surface area contributed by atoms with Crippen LogP contribution < -0.4 is 5.32 Å². The number of amides is 1. The second-order valence-corrected chi connectivity index (χ2v) is 4.41. The first-order valence-electron chi connectivity index (χ1n) is 4.37. The average molecular weight is 283 g/mol. The fourth-order valence-electron chi connectivity index (χ4n) is 0.886. The molecule has 0 aliphatic heterocycles. The Bertz CT molecular complexity index is 409. The number of nitrogens with zero attached hydrogens (tertiary/aromatic N) is 2. The molecule has 0 aliphatic carbocycles. The predicted molar refractivity (Wildman–Crippen MR) is 66.5 cm³/mol. The van der Waals surface area contributed by atoms with Crippen molar-refractivity contribution in [3.8, 4) is 0 Å². The highest BCUT2D eigenvalue weighted by atomic mass is 35.5. The number of likely N-dealkylation sites (N-methyl/N-ethyl adjacent to an activating group) is 1. The molecule has 0 unspecified atom stereocenters. The zero-order chi connectivity index (χ0) is 12.3. The number of pyridine rings is 1. The zero-order valence-corrected chi connectivity index (χ0v) is 11.0. The summed E-state index contributed by atoms with van der Waals surface area (Å²) in [5, 5.41) is 3.52. The normalized spacial score (nSPS) is 10.1. The summed E-state index contributed by atoms with van der Waals surface area (Å²) in [6.07, 6.45) is 0. The molecule has 1 heterocycles. The molecule has 0 radical (unpaired) electrons. The molecule has 0 spiro atoms. The number of rotatable bonds is 3. The van der Waals surface area contributed by atoms with Crippen molar-refractivity contribution in [1.29, 1.82) is 0 Å². The molecular formula is C9H10Cl3N3O. The van der Waals surface area contributed by atoms with Gasteiger partial charge in [-0.05, 0) is 6.07 Å². The zero-order valence-electron chi connectivity index (χ0n) is 8.72. The van der Waals surface area contributed by atoms with E-state index < -0.39 is 0 Å². The van der Waals surface area contributed by atoms with Gasteiger partial charge in [-0.25, -0.2) is 4.98 Å². The second kappa shape index (κ2) is 5.57.